The van der Waals surface area contributed by atoms with E-state index in [9.17, 15) is 14.0 Å². The molecule has 3 rings (SSSR count). The highest BCUT2D eigenvalue weighted by molar-refractivity contribution is 6.03. The van der Waals surface area contributed by atoms with Crippen LogP contribution in [0.2, 0.25) is 0 Å². The van der Waals surface area contributed by atoms with Crippen LogP contribution in [0, 0.1) is 5.82 Å². The molecule has 0 aliphatic heterocycles. The van der Waals surface area contributed by atoms with E-state index in [2.05, 4.69) is 27.3 Å². The number of halogens is 1. The number of H-pyrrole nitrogens is 1. The minimum Gasteiger partial charge on any atom is -0.306 e. The van der Waals surface area contributed by atoms with Crippen molar-refractivity contribution in [2.45, 2.75) is 26.2 Å². The number of aromatic amines is 1. The number of unbranched alkanes of at least 4 members (excludes halogenated alkanes) is 1. The molecule has 0 unspecified atom stereocenters. The Labute approximate surface area is 136 Å². The van der Waals surface area contributed by atoms with Gasteiger partial charge in [-0.25, -0.2) is 4.39 Å². The molecule has 24 heavy (non-hydrogen) atoms. The lowest BCUT2D eigenvalue weighted by Gasteiger charge is -2.06. The molecule has 124 valence electrons. The molecule has 1 amide bonds. The van der Waals surface area contributed by atoms with Crippen molar-refractivity contribution in [2.24, 2.45) is 0 Å². The number of benzene rings is 1. The van der Waals surface area contributed by atoms with E-state index < -0.39 is 17.3 Å². The third-order valence-corrected chi connectivity index (χ3v) is 3.48. The second-order valence-corrected chi connectivity index (χ2v) is 5.35. The van der Waals surface area contributed by atoms with Crippen LogP contribution in [-0.2, 0) is 6.42 Å². The molecule has 0 aliphatic rings. The fourth-order valence-corrected chi connectivity index (χ4v) is 2.25. The molecular formula is C16H16FN5O2. The number of hydrogen-bond donors (Lipinski definition) is 2. The summed E-state index contributed by atoms with van der Waals surface area (Å²) in [7, 11) is 0. The van der Waals surface area contributed by atoms with Gasteiger partial charge in [-0.2, -0.15) is 9.50 Å². The van der Waals surface area contributed by atoms with Gasteiger partial charge in [-0.15, -0.1) is 5.10 Å². The van der Waals surface area contributed by atoms with Crippen molar-refractivity contribution in [1.82, 2.24) is 19.6 Å². The van der Waals surface area contributed by atoms with Gasteiger partial charge in [0.1, 0.15) is 11.6 Å². The Balaban J connectivity index is 1.93. The molecule has 0 spiro atoms. The van der Waals surface area contributed by atoms with Crippen molar-refractivity contribution in [3.63, 3.8) is 0 Å². The molecule has 0 saturated heterocycles. The van der Waals surface area contributed by atoms with Gasteiger partial charge in [0, 0.05) is 18.1 Å². The Morgan fingerprint density at radius 2 is 2.08 bits per heavy atom. The molecule has 0 bridgehead atoms. The Kier molecular flexibility index (Phi) is 4.37. The molecule has 0 aliphatic carbocycles. The van der Waals surface area contributed by atoms with Crippen LogP contribution in [0.4, 0.5) is 10.2 Å². The Bertz CT molecular complexity index is 930. The molecule has 8 heteroatoms. The monoisotopic (exact) mass is 329 g/mol. The Morgan fingerprint density at radius 1 is 1.33 bits per heavy atom. The molecule has 3 aromatic rings. The normalized spacial score (nSPS) is 10.9. The zero-order valence-electron chi connectivity index (χ0n) is 13.0. The van der Waals surface area contributed by atoms with E-state index in [1.165, 1.54) is 34.8 Å². The standard InChI is InChI=1S/C16H16FN5O2/c1-2-3-4-12-18-16-20-14(23)9-13(22(16)21-12)19-15(24)10-5-7-11(17)8-6-10/h5-9H,2-4H2,1H3,(H,19,24)(H,18,20,21,23). The number of hydrogen-bond acceptors (Lipinski definition) is 4. The maximum atomic E-state index is 12.9. The van der Waals surface area contributed by atoms with E-state index in [4.69, 9.17) is 0 Å². The van der Waals surface area contributed by atoms with Crippen LogP contribution in [-0.4, -0.2) is 25.5 Å². The first-order valence-electron chi connectivity index (χ1n) is 7.62. The lowest BCUT2D eigenvalue weighted by atomic mass is 10.2. The zero-order chi connectivity index (χ0) is 17.1. The summed E-state index contributed by atoms with van der Waals surface area (Å²) in [5.41, 5.74) is -0.123. The van der Waals surface area contributed by atoms with Gasteiger partial charge in [0.25, 0.3) is 11.5 Å². The van der Waals surface area contributed by atoms with Gasteiger partial charge in [0.15, 0.2) is 5.82 Å². The summed E-state index contributed by atoms with van der Waals surface area (Å²) in [6, 6.07) is 6.35. The average Bonchev–Trinajstić information content (AvgIpc) is 2.96. The number of aryl methyl sites for hydroxylation is 1. The second kappa shape index (κ2) is 6.61. The Hall–Kier alpha value is -3.03. The van der Waals surface area contributed by atoms with Crippen LogP contribution in [0.3, 0.4) is 0 Å². The summed E-state index contributed by atoms with van der Waals surface area (Å²) in [6.45, 7) is 2.06. The van der Waals surface area contributed by atoms with Crippen LogP contribution in [0.5, 0.6) is 0 Å². The van der Waals surface area contributed by atoms with Crippen molar-refractivity contribution >= 4 is 17.5 Å². The summed E-state index contributed by atoms with van der Waals surface area (Å²) in [6.07, 6.45) is 2.62. The van der Waals surface area contributed by atoms with Crippen molar-refractivity contribution in [1.29, 1.82) is 0 Å². The molecule has 7 nitrogen and oxygen atoms in total. The molecule has 0 radical (unpaired) electrons. The first-order valence-corrected chi connectivity index (χ1v) is 7.62. The average molecular weight is 329 g/mol. The van der Waals surface area contributed by atoms with Crippen molar-refractivity contribution in [2.75, 3.05) is 5.32 Å². The van der Waals surface area contributed by atoms with Gasteiger partial charge in [0.05, 0.1) is 0 Å². The van der Waals surface area contributed by atoms with Gasteiger partial charge in [0.2, 0.25) is 5.78 Å². The van der Waals surface area contributed by atoms with Gasteiger partial charge in [-0.1, -0.05) is 13.3 Å². The number of anilines is 1. The van der Waals surface area contributed by atoms with Crippen LogP contribution in [0.1, 0.15) is 35.9 Å². The van der Waals surface area contributed by atoms with Gasteiger partial charge in [-0.05, 0) is 30.7 Å². The van der Waals surface area contributed by atoms with Gasteiger partial charge in [-0.3, -0.25) is 14.6 Å². The Morgan fingerprint density at radius 3 is 2.79 bits per heavy atom. The summed E-state index contributed by atoms with van der Waals surface area (Å²) >= 11 is 0. The maximum Gasteiger partial charge on any atom is 0.256 e. The van der Waals surface area contributed by atoms with Crippen molar-refractivity contribution < 1.29 is 9.18 Å². The molecule has 2 N–H and O–H groups in total. The number of carbonyl (C=O) groups excluding carboxylic acids is 1. The minimum atomic E-state index is -0.465. The number of amides is 1. The molecular weight excluding hydrogens is 313 g/mol. The van der Waals surface area contributed by atoms with E-state index in [0.29, 0.717) is 12.2 Å². The molecule has 0 atom stereocenters. The number of carbonyl (C=O) groups is 1. The number of nitrogens with one attached hydrogen (secondary N) is 2. The number of fused-ring (bicyclic) bond motifs is 1. The quantitative estimate of drug-likeness (QED) is 0.750. The van der Waals surface area contributed by atoms with E-state index in [1.807, 2.05) is 0 Å². The van der Waals surface area contributed by atoms with E-state index >= 15 is 0 Å². The van der Waals surface area contributed by atoms with Crippen LogP contribution in [0.15, 0.2) is 35.1 Å². The van der Waals surface area contributed by atoms with Crippen LogP contribution >= 0.6 is 0 Å². The number of aromatic nitrogens is 4. The smallest absolute Gasteiger partial charge is 0.256 e. The third-order valence-electron chi connectivity index (χ3n) is 3.48. The van der Waals surface area contributed by atoms with E-state index in [-0.39, 0.29) is 17.2 Å². The van der Waals surface area contributed by atoms with E-state index in [1.54, 1.807) is 0 Å². The topological polar surface area (TPSA) is 92.1 Å². The predicted octanol–water partition coefficient (Wildman–Crippen LogP) is 2.15. The first kappa shape index (κ1) is 15.9. The van der Waals surface area contributed by atoms with Crippen LogP contribution < -0.4 is 10.9 Å². The highest BCUT2D eigenvalue weighted by Gasteiger charge is 2.13. The number of nitrogens with zero attached hydrogens (tertiary/aromatic N) is 3. The van der Waals surface area contributed by atoms with E-state index in [0.717, 1.165) is 12.8 Å². The van der Waals surface area contributed by atoms with Gasteiger partial charge < -0.3 is 5.32 Å². The first-order chi connectivity index (χ1) is 11.6. The highest BCUT2D eigenvalue weighted by Crippen LogP contribution is 2.10. The summed E-state index contributed by atoms with van der Waals surface area (Å²) in [5.74, 6) is 0.173. The predicted molar refractivity (Wildman–Crippen MR) is 86.6 cm³/mol. The summed E-state index contributed by atoms with van der Waals surface area (Å²) < 4.78 is 14.3. The third kappa shape index (κ3) is 3.32. The molecule has 1 aromatic carbocycles. The number of rotatable bonds is 5. The minimum absolute atomic E-state index is 0.207. The molecule has 2 heterocycles. The fraction of sp³-hybridized carbons (Fsp3) is 0.250. The van der Waals surface area contributed by atoms with Crippen LogP contribution in [0.25, 0.3) is 5.78 Å². The largest absolute Gasteiger partial charge is 0.306 e. The lowest BCUT2D eigenvalue weighted by Crippen LogP contribution is -2.18. The fourth-order valence-electron chi connectivity index (χ4n) is 2.25. The maximum absolute atomic E-state index is 12.9. The summed E-state index contributed by atoms with van der Waals surface area (Å²) in [4.78, 5) is 30.8. The second-order valence-electron chi connectivity index (χ2n) is 5.35. The molecule has 0 saturated carbocycles. The highest BCUT2D eigenvalue weighted by atomic mass is 19.1. The molecule has 0 fully saturated rings. The van der Waals surface area contributed by atoms with Crippen molar-refractivity contribution in [3.05, 3.63) is 57.9 Å². The molecule has 2 aromatic heterocycles. The zero-order valence-corrected chi connectivity index (χ0v) is 13.0. The summed E-state index contributed by atoms with van der Waals surface area (Å²) in [5, 5.41) is 6.92. The lowest BCUT2D eigenvalue weighted by molar-refractivity contribution is 0.102. The van der Waals surface area contributed by atoms with Crippen molar-refractivity contribution in [3.8, 4) is 0 Å². The van der Waals surface area contributed by atoms with Gasteiger partial charge >= 0.3 is 0 Å². The SMILES string of the molecule is CCCCc1nc2[nH]c(=O)cc(NC(=O)c3ccc(F)cc3)n2n1.